The van der Waals surface area contributed by atoms with Crippen LogP contribution in [0.3, 0.4) is 0 Å². The van der Waals surface area contributed by atoms with Gasteiger partial charge in [0, 0.05) is 17.1 Å². The number of halogens is 1. The molecule has 2 rings (SSSR count). The average Bonchev–Trinajstić information content (AvgIpc) is 2.49. The molecule has 1 heterocycles. The fourth-order valence-corrected chi connectivity index (χ4v) is 1.39. The van der Waals surface area contributed by atoms with Gasteiger partial charge in [-0.25, -0.2) is 4.39 Å². The minimum absolute atomic E-state index is 0.107. The third kappa shape index (κ3) is 0.998. The van der Waals surface area contributed by atoms with Crippen LogP contribution in [0, 0.1) is 5.82 Å². The van der Waals surface area contributed by atoms with E-state index < -0.39 is 0 Å². The molecular weight excluding hydrogens is 153 g/mol. The van der Waals surface area contributed by atoms with Crippen molar-refractivity contribution in [1.82, 2.24) is 4.98 Å². The Balaban J connectivity index is 2.73. The number of hydrogen-bond donors (Lipinski definition) is 1. The Morgan fingerprint density at radius 2 is 2.25 bits per heavy atom. The normalized spacial score (nSPS) is 10.8. The molecule has 1 nitrogen and oxygen atoms in total. The monoisotopic (exact) mass is 163 g/mol. The number of nitrogens with one attached hydrogen (secondary N) is 1. The van der Waals surface area contributed by atoms with Gasteiger partial charge in [0.25, 0.3) is 0 Å². The number of aromatic nitrogens is 1. The Kier molecular flexibility index (Phi) is 1.61. The molecule has 0 aliphatic rings. The molecule has 0 aliphatic heterocycles. The minimum atomic E-state index is -0.107. The van der Waals surface area contributed by atoms with Gasteiger partial charge in [0.15, 0.2) is 0 Å². The molecule has 0 amide bonds. The van der Waals surface area contributed by atoms with E-state index in [1.807, 2.05) is 25.3 Å². The quantitative estimate of drug-likeness (QED) is 0.665. The molecule has 0 radical (unpaired) electrons. The van der Waals surface area contributed by atoms with Crippen molar-refractivity contribution in [1.29, 1.82) is 0 Å². The summed E-state index contributed by atoms with van der Waals surface area (Å²) in [6.07, 6.45) is 2.56. The molecule has 62 valence electrons. The summed E-state index contributed by atoms with van der Waals surface area (Å²) >= 11 is 0. The molecule has 2 heteroatoms. The van der Waals surface area contributed by atoms with Crippen LogP contribution in [0.15, 0.2) is 24.4 Å². The SMILES string of the molecule is CCc1cc2[nH]ccc2cc1F. The maximum atomic E-state index is 13.2. The van der Waals surface area contributed by atoms with Crippen molar-refractivity contribution >= 4 is 10.9 Å². The highest BCUT2D eigenvalue weighted by Gasteiger charge is 2.02. The lowest BCUT2D eigenvalue weighted by Crippen LogP contribution is -1.86. The first-order valence-electron chi connectivity index (χ1n) is 4.07. The topological polar surface area (TPSA) is 15.8 Å². The van der Waals surface area contributed by atoms with Gasteiger partial charge in [-0.3, -0.25) is 0 Å². The first kappa shape index (κ1) is 7.35. The third-order valence-corrected chi connectivity index (χ3v) is 2.10. The lowest BCUT2D eigenvalue weighted by Gasteiger charge is -1.98. The standard InChI is InChI=1S/C10H10FN/c1-2-7-6-10-8(3-4-12-10)5-9(7)11/h3-6,12H,2H2,1H3. The van der Waals surface area contributed by atoms with Gasteiger partial charge in [-0.15, -0.1) is 0 Å². The third-order valence-electron chi connectivity index (χ3n) is 2.10. The molecule has 1 aromatic heterocycles. The van der Waals surface area contributed by atoms with E-state index in [9.17, 15) is 4.39 Å². The number of rotatable bonds is 1. The molecule has 0 atom stereocenters. The summed E-state index contributed by atoms with van der Waals surface area (Å²) in [5.41, 5.74) is 1.78. The molecule has 0 bridgehead atoms. The first-order chi connectivity index (χ1) is 5.81. The lowest BCUT2D eigenvalue weighted by atomic mass is 10.1. The van der Waals surface area contributed by atoms with E-state index in [1.165, 1.54) is 0 Å². The molecule has 1 aromatic carbocycles. The Morgan fingerprint density at radius 1 is 1.42 bits per heavy atom. The van der Waals surface area contributed by atoms with E-state index in [-0.39, 0.29) is 5.82 Å². The minimum Gasteiger partial charge on any atom is -0.361 e. The molecule has 0 saturated heterocycles. The summed E-state index contributed by atoms with van der Waals surface area (Å²) in [5, 5.41) is 0.935. The van der Waals surface area contributed by atoms with Crippen LogP contribution in [0.1, 0.15) is 12.5 Å². The second kappa shape index (κ2) is 2.63. The van der Waals surface area contributed by atoms with Gasteiger partial charge in [0.05, 0.1) is 0 Å². The average molecular weight is 163 g/mol. The van der Waals surface area contributed by atoms with Gasteiger partial charge in [-0.1, -0.05) is 6.92 Å². The maximum Gasteiger partial charge on any atom is 0.127 e. The lowest BCUT2D eigenvalue weighted by molar-refractivity contribution is 0.614. The van der Waals surface area contributed by atoms with Crippen LogP contribution in [0.2, 0.25) is 0 Å². The van der Waals surface area contributed by atoms with E-state index in [0.717, 1.165) is 22.9 Å². The molecule has 12 heavy (non-hydrogen) atoms. The van der Waals surface area contributed by atoms with Gasteiger partial charge in [0.1, 0.15) is 5.82 Å². The molecule has 0 aliphatic carbocycles. The summed E-state index contributed by atoms with van der Waals surface area (Å²) in [7, 11) is 0. The first-order valence-corrected chi connectivity index (χ1v) is 4.07. The summed E-state index contributed by atoms with van der Waals surface area (Å²) in [6.45, 7) is 1.95. The zero-order chi connectivity index (χ0) is 8.55. The number of H-pyrrole nitrogens is 1. The van der Waals surface area contributed by atoms with E-state index >= 15 is 0 Å². The Morgan fingerprint density at radius 3 is 3.00 bits per heavy atom. The second-order valence-electron chi connectivity index (χ2n) is 2.86. The predicted octanol–water partition coefficient (Wildman–Crippen LogP) is 2.87. The summed E-state index contributed by atoms with van der Waals surface area (Å²) < 4.78 is 13.2. The van der Waals surface area contributed by atoms with Crippen LogP contribution in [0.5, 0.6) is 0 Å². The number of fused-ring (bicyclic) bond motifs is 1. The molecule has 0 fully saturated rings. The molecule has 2 aromatic rings. The summed E-state index contributed by atoms with van der Waals surface area (Å²) in [5.74, 6) is -0.107. The number of benzene rings is 1. The van der Waals surface area contributed by atoms with Crippen molar-refractivity contribution < 1.29 is 4.39 Å². The van der Waals surface area contributed by atoms with Crippen LogP contribution in [-0.4, -0.2) is 4.98 Å². The number of aryl methyl sites for hydroxylation is 1. The smallest absolute Gasteiger partial charge is 0.127 e. The largest absolute Gasteiger partial charge is 0.361 e. The van der Waals surface area contributed by atoms with Crippen molar-refractivity contribution in [3.05, 3.63) is 35.8 Å². The van der Waals surface area contributed by atoms with Gasteiger partial charge in [0.2, 0.25) is 0 Å². The van der Waals surface area contributed by atoms with Crippen LogP contribution in [0.4, 0.5) is 4.39 Å². The maximum absolute atomic E-state index is 13.2. The highest BCUT2D eigenvalue weighted by Crippen LogP contribution is 2.17. The number of aromatic amines is 1. The Bertz CT molecular complexity index is 403. The van der Waals surface area contributed by atoms with Crippen LogP contribution >= 0.6 is 0 Å². The van der Waals surface area contributed by atoms with E-state index in [1.54, 1.807) is 6.07 Å². The van der Waals surface area contributed by atoms with Crippen LogP contribution in [0.25, 0.3) is 10.9 Å². The predicted molar refractivity (Wildman–Crippen MR) is 47.6 cm³/mol. The molecule has 0 saturated carbocycles. The van der Waals surface area contributed by atoms with E-state index in [0.29, 0.717) is 0 Å². The zero-order valence-corrected chi connectivity index (χ0v) is 6.89. The molecule has 0 unspecified atom stereocenters. The van der Waals surface area contributed by atoms with Crippen molar-refractivity contribution in [3.8, 4) is 0 Å². The van der Waals surface area contributed by atoms with Gasteiger partial charge >= 0.3 is 0 Å². The van der Waals surface area contributed by atoms with Gasteiger partial charge < -0.3 is 4.98 Å². The van der Waals surface area contributed by atoms with E-state index in [4.69, 9.17) is 0 Å². The van der Waals surface area contributed by atoms with E-state index in [2.05, 4.69) is 4.98 Å². The van der Waals surface area contributed by atoms with Gasteiger partial charge in [-0.05, 0) is 30.2 Å². The fraction of sp³-hybridized carbons (Fsp3) is 0.200. The fourth-order valence-electron chi connectivity index (χ4n) is 1.39. The highest BCUT2D eigenvalue weighted by molar-refractivity contribution is 5.80. The van der Waals surface area contributed by atoms with Crippen molar-refractivity contribution in [2.45, 2.75) is 13.3 Å². The Hall–Kier alpha value is -1.31. The molecular formula is C10H10FN. The molecule has 0 spiro atoms. The van der Waals surface area contributed by atoms with Crippen molar-refractivity contribution in [2.75, 3.05) is 0 Å². The van der Waals surface area contributed by atoms with Gasteiger partial charge in [-0.2, -0.15) is 0 Å². The Labute approximate surface area is 70.2 Å². The zero-order valence-electron chi connectivity index (χ0n) is 6.89. The summed E-state index contributed by atoms with van der Waals surface area (Å²) in [6, 6.07) is 5.31. The highest BCUT2D eigenvalue weighted by atomic mass is 19.1. The summed E-state index contributed by atoms with van der Waals surface area (Å²) in [4.78, 5) is 3.05. The van der Waals surface area contributed by atoms with Crippen molar-refractivity contribution in [3.63, 3.8) is 0 Å². The number of hydrogen-bond acceptors (Lipinski definition) is 0. The van der Waals surface area contributed by atoms with Crippen molar-refractivity contribution in [2.24, 2.45) is 0 Å². The second-order valence-corrected chi connectivity index (χ2v) is 2.86. The van der Waals surface area contributed by atoms with Crippen LogP contribution in [-0.2, 0) is 6.42 Å². The molecule has 1 N–H and O–H groups in total. The van der Waals surface area contributed by atoms with Crippen LogP contribution < -0.4 is 0 Å².